The number of aryl methyl sites for hydroxylation is 1. The number of nitrogens with one attached hydrogen (secondary N) is 1. The summed E-state index contributed by atoms with van der Waals surface area (Å²) in [6.45, 7) is 8.63. The molecule has 0 saturated carbocycles. The van der Waals surface area contributed by atoms with Crippen molar-refractivity contribution in [2.45, 2.75) is 46.1 Å². The summed E-state index contributed by atoms with van der Waals surface area (Å²) in [7, 11) is 0. The van der Waals surface area contributed by atoms with E-state index in [0.29, 0.717) is 5.92 Å². The lowest BCUT2D eigenvalue weighted by molar-refractivity contribution is 0.188. The van der Waals surface area contributed by atoms with Crippen LogP contribution in [-0.4, -0.2) is 27.7 Å². The van der Waals surface area contributed by atoms with E-state index in [0.717, 1.165) is 30.3 Å². The molecule has 0 spiro atoms. The molecule has 2 N–H and O–H groups in total. The summed E-state index contributed by atoms with van der Waals surface area (Å²) in [5, 5.41) is 12.4. The van der Waals surface area contributed by atoms with Crippen LogP contribution < -0.4 is 5.32 Å². The Kier molecular flexibility index (Phi) is 4.68. The zero-order valence-corrected chi connectivity index (χ0v) is 10.5. The molecule has 0 saturated heterocycles. The summed E-state index contributed by atoms with van der Waals surface area (Å²) < 4.78 is 0. The second-order valence-corrected chi connectivity index (χ2v) is 4.47. The fourth-order valence-electron chi connectivity index (χ4n) is 1.35. The standard InChI is InChI=1S/C12H21N3O/c1-8(2)12-14-9(3)7-11(15-12)13-6-5-10(4)16/h7-8,10,16H,5-6H2,1-4H3,(H,13,14,15). The maximum Gasteiger partial charge on any atom is 0.133 e. The van der Waals surface area contributed by atoms with Crippen molar-refractivity contribution in [2.24, 2.45) is 0 Å². The smallest absolute Gasteiger partial charge is 0.133 e. The summed E-state index contributed by atoms with van der Waals surface area (Å²) in [6, 6.07) is 1.92. The van der Waals surface area contributed by atoms with Gasteiger partial charge in [-0.15, -0.1) is 0 Å². The number of hydrogen-bond donors (Lipinski definition) is 2. The molecule has 0 aliphatic carbocycles. The maximum absolute atomic E-state index is 9.16. The van der Waals surface area contributed by atoms with Crippen molar-refractivity contribution < 1.29 is 5.11 Å². The van der Waals surface area contributed by atoms with Crippen molar-refractivity contribution in [3.05, 3.63) is 17.6 Å². The molecule has 1 unspecified atom stereocenters. The summed E-state index contributed by atoms with van der Waals surface area (Å²) in [4.78, 5) is 8.80. The van der Waals surface area contributed by atoms with Gasteiger partial charge in [-0.05, 0) is 20.3 Å². The van der Waals surface area contributed by atoms with Crippen molar-refractivity contribution in [2.75, 3.05) is 11.9 Å². The Morgan fingerprint density at radius 2 is 2.00 bits per heavy atom. The number of aliphatic hydroxyl groups is 1. The first kappa shape index (κ1) is 12.9. The minimum atomic E-state index is -0.278. The summed E-state index contributed by atoms with van der Waals surface area (Å²) in [5.41, 5.74) is 0.971. The Bertz CT molecular complexity index is 337. The lowest BCUT2D eigenvalue weighted by atomic mass is 10.2. The molecule has 4 heteroatoms. The van der Waals surface area contributed by atoms with Gasteiger partial charge in [-0.1, -0.05) is 13.8 Å². The molecular weight excluding hydrogens is 202 g/mol. The molecule has 1 aromatic rings. The summed E-state index contributed by atoms with van der Waals surface area (Å²) in [6.07, 6.45) is 0.445. The highest BCUT2D eigenvalue weighted by Gasteiger charge is 2.05. The molecule has 1 aromatic heterocycles. The molecule has 4 nitrogen and oxygen atoms in total. The predicted octanol–water partition coefficient (Wildman–Crippen LogP) is 2.09. The van der Waals surface area contributed by atoms with Crippen molar-refractivity contribution >= 4 is 5.82 Å². The lowest BCUT2D eigenvalue weighted by Gasteiger charge is -2.10. The highest BCUT2D eigenvalue weighted by atomic mass is 16.3. The molecule has 1 heterocycles. The van der Waals surface area contributed by atoms with E-state index >= 15 is 0 Å². The molecule has 16 heavy (non-hydrogen) atoms. The number of hydrogen-bond acceptors (Lipinski definition) is 4. The van der Waals surface area contributed by atoms with Crippen LogP contribution in [0.4, 0.5) is 5.82 Å². The van der Waals surface area contributed by atoms with Gasteiger partial charge in [0.2, 0.25) is 0 Å². The quantitative estimate of drug-likeness (QED) is 0.802. The molecule has 0 bridgehead atoms. The molecule has 0 fully saturated rings. The van der Waals surface area contributed by atoms with Crippen LogP contribution in [0.3, 0.4) is 0 Å². The number of aliphatic hydroxyl groups excluding tert-OH is 1. The van der Waals surface area contributed by atoms with Gasteiger partial charge >= 0.3 is 0 Å². The predicted molar refractivity (Wildman–Crippen MR) is 65.6 cm³/mol. The van der Waals surface area contributed by atoms with Gasteiger partial charge in [0, 0.05) is 24.2 Å². The average Bonchev–Trinajstić information content (AvgIpc) is 2.16. The summed E-state index contributed by atoms with van der Waals surface area (Å²) in [5.74, 6) is 2.04. The number of rotatable bonds is 5. The van der Waals surface area contributed by atoms with E-state index in [1.54, 1.807) is 6.92 Å². The Morgan fingerprint density at radius 1 is 1.31 bits per heavy atom. The van der Waals surface area contributed by atoms with Crippen LogP contribution in [-0.2, 0) is 0 Å². The Balaban J connectivity index is 2.65. The highest BCUT2D eigenvalue weighted by molar-refractivity contribution is 5.36. The molecule has 0 radical (unpaired) electrons. The van der Waals surface area contributed by atoms with Gasteiger partial charge in [-0.25, -0.2) is 9.97 Å². The minimum Gasteiger partial charge on any atom is -0.393 e. The molecular formula is C12H21N3O. The second kappa shape index (κ2) is 5.80. The zero-order chi connectivity index (χ0) is 12.1. The monoisotopic (exact) mass is 223 g/mol. The molecule has 0 aromatic carbocycles. The topological polar surface area (TPSA) is 58.0 Å². The van der Waals surface area contributed by atoms with Crippen LogP contribution in [0, 0.1) is 6.92 Å². The number of anilines is 1. The van der Waals surface area contributed by atoms with E-state index < -0.39 is 0 Å². The SMILES string of the molecule is Cc1cc(NCCC(C)O)nc(C(C)C)n1. The fraction of sp³-hybridized carbons (Fsp3) is 0.667. The van der Waals surface area contributed by atoms with Crippen molar-refractivity contribution in [3.63, 3.8) is 0 Å². The van der Waals surface area contributed by atoms with E-state index in [9.17, 15) is 0 Å². The first-order chi connectivity index (χ1) is 7.49. The first-order valence-corrected chi connectivity index (χ1v) is 5.76. The Morgan fingerprint density at radius 3 is 2.56 bits per heavy atom. The van der Waals surface area contributed by atoms with E-state index in [4.69, 9.17) is 5.11 Å². The number of aromatic nitrogens is 2. The van der Waals surface area contributed by atoms with Gasteiger partial charge in [-0.2, -0.15) is 0 Å². The van der Waals surface area contributed by atoms with Gasteiger partial charge in [0.05, 0.1) is 6.10 Å². The number of nitrogens with zero attached hydrogens (tertiary/aromatic N) is 2. The molecule has 90 valence electrons. The van der Waals surface area contributed by atoms with Crippen molar-refractivity contribution in [3.8, 4) is 0 Å². The Labute approximate surface area is 97.1 Å². The fourth-order valence-corrected chi connectivity index (χ4v) is 1.35. The van der Waals surface area contributed by atoms with Crippen LogP contribution in [0.5, 0.6) is 0 Å². The highest BCUT2D eigenvalue weighted by Crippen LogP contribution is 2.13. The minimum absolute atomic E-state index is 0.278. The Hall–Kier alpha value is -1.16. The van der Waals surface area contributed by atoms with Gasteiger partial charge in [-0.3, -0.25) is 0 Å². The second-order valence-electron chi connectivity index (χ2n) is 4.47. The van der Waals surface area contributed by atoms with Crippen molar-refractivity contribution in [1.29, 1.82) is 0 Å². The third-order valence-corrected chi connectivity index (χ3v) is 2.26. The largest absolute Gasteiger partial charge is 0.393 e. The third kappa shape index (κ3) is 4.14. The molecule has 0 aliphatic heterocycles. The summed E-state index contributed by atoms with van der Waals surface area (Å²) >= 11 is 0. The van der Waals surface area contributed by atoms with Crippen LogP contribution >= 0.6 is 0 Å². The average molecular weight is 223 g/mol. The molecule has 0 aliphatic rings. The molecule has 0 amide bonds. The maximum atomic E-state index is 9.16. The van der Waals surface area contributed by atoms with Gasteiger partial charge in [0.25, 0.3) is 0 Å². The van der Waals surface area contributed by atoms with Gasteiger partial charge in [0.1, 0.15) is 11.6 Å². The first-order valence-electron chi connectivity index (χ1n) is 5.76. The lowest BCUT2D eigenvalue weighted by Crippen LogP contribution is -2.12. The van der Waals surface area contributed by atoms with Gasteiger partial charge in [0.15, 0.2) is 0 Å². The van der Waals surface area contributed by atoms with Crippen molar-refractivity contribution in [1.82, 2.24) is 9.97 Å². The molecule has 1 atom stereocenters. The van der Waals surface area contributed by atoms with E-state index in [-0.39, 0.29) is 6.10 Å². The van der Waals surface area contributed by atoms with Crippen LogP contribution in [0.15, 0.2) is 6.07 Å². The van der Waals surface area contributed by atoms with E-state index in [1.807, 2.05) is 13.0 Å². The zero-order valence-electron chi connectivity index (χ0n) is 10.5. The van der Waals surface area contributed by atoms with Crippen LogP contribution in [0.2, 0.25) is 0 Å². The van der Waals surface area contributed by atoms with Gasteiger partial charge < -0.3 is 10.4 Å². The normalized spacial score (nSPS) is 12.9. The van der Waals surface area contributed by atoms with E-state index in [2.05, 4.69) is 29.1 Å². The molecule has 1 rings (SSSR count). The van der Waals surface area contributed by atoms with Crippen LogP contribution in [0.1, 0.15) is 44.6 Å². The third-order valence-electron chi connectivity index (χ3n) is 2.26. The van der Waals surface area contributed by atoms with E-state index in [1.165, 1.54) is 0 Å². The van der Waals surface area contributed by atoms with Crippen LogP contribution in [0.25, 0.3) is 0 Å².